The van der Waals surface area contributed by atoms with Gasteiger partial charge in [0.25, 0.3) is 0 Å². The Labute approximate surface area is 111 Å². The van der Waals surface area contributed by atoms with Gasteiger partial charge in [0.2, 0.25) is 11.8 Å². The number of aliphatic hydroxyl groups is 1. The number of rotatable bonds is 5. The highest BCUT2D eigenvalue weighted by Crippen LogP contribution is 2.16. The summed E-state index contributed by atoms with van der Waals surface area (Å²) in [6.45, 7) is 0.323. The first kappa shape index (κ1) is 13.1. The topological polar surface area (TPSA) is 93.3 Å². The third-order valence-electron chi connectivity index (χ3n) is 2.59. The zero-order chi connectivity index (χ0) is 13.7. The fraction of sp³-hybridized carbons (Fsp3) is 0.231. The average molecular weight is 260 g/mol. The van der Waals surface area contributed by atoms with Crippen LogP contribution in [0.1, 0.15) is 11.7 Å². The first-order valence-corrected chi connectivity index (χ1v) is 5.84. The molecule has 0 aliphatic carbocycles. The van der Waals surface area contributed by atoms with E-state index in [1.54, 1.807) is 6.07 Å². The van der Waals surface area contributed by atoms with Crippen molar-refractivity contribution in [3.63, 3.8) is 0 Å². The summed E-state index contributed by atoms with van der Waals surface area (Å²) in [4.78, 5) is 7.89. The first-order chi connectivity index (χ1) is 9.19. The van der Waals surface area contributed by atoms with Crippen LogP contribution in [-0.2, 0) is 0 Å². The van der Waals surface area contributed by atoms with Crippen LogP contribution in [-0.4, -0.2) is 28.7 Å². The minimum absolute atomic E-state index is 0.121. The number of methoxy groups -OCH3 is 1. The van der Waals surface area contributed by atoms with Crippen molar-refractivity contribution >= 4 is 11.8 Å². The lowest BCUT2D eigenvalue weighted by Gasteiger charge is -2.13. The van der Waals surface area contributed by atoms with E-state index in [9.17, 15) is 5.11 Å². The number of aliphatic hydroxyl groups excluding tert-OH is 1. The lowest BCUT2D eigenvalue weighted by atomic mass is 10.1. The number of nitrogens with two attached hydrogens (primary N) is 1. The van der Waals surface area contributed by atoms with Crippen molar-refractivity contribution in [3.05, 3.63) is 42.0 Å². The van der Waals surface area contributed by atoms with Crippen LogP contribution in [0.15, 0.2) is 36.4 Å². The number of nitrogens with zero attached hydrogens (tertiary/aromatic N) is 2. The third kappa shape index (κ3) is 3.56. The van der Waals surface area contributed by atoms with Gasteiger partial charge in [-0.3, -0.25) is 0 Å². The highest BCUT2D eigenvalue weighted by atomic mass is 16.5. The standard InChI is InChI=1S/C13H16N4O2/c1-19-12-7-11(16-13(14)17-12)15-8-10(18)9-5-3-2-4-6-9/h2-7,10,18H,8H2,1H3,(H3,14,15,16,17). The van der Waals surface area contributed by atoms with Crippen LogP contribution in [0.4, 0.5) is 11.8 Å². The molecular formula is C13H16N4O2. The van der Waals surface area contributed by atoms with Gasteiger partial charge < -0.3 is 20.9 Å². The second-order valence-electron chi connectivity index (χ2n) is 3.96. The van der Waals surface area contributed by atoms with E-state index in [-0.39, 0.29) is 5.95 Å². The van der Waals surface area contributed by atoms with Crippen molar-refractivity contribution in [2.45, 2.75) is 6.10 Å². The third-order valence-corrected chi connectivity index (χ3v) is 2.59. The van der Waals surface area contributed by atoms with Gasteiger partial charge in [0.1, 0.15) is 5.82 Å². The molecule has 0 spiro atoms. The molecule has 0 bridgehead atoms. The summed E-state index contributed by atoms with van der Waals surface area (Å²) >= 11 is 0. The molecule has 100 valence electrons. The molecule has 0 aliphatic rings. The minimum Gasteiger partial charge on any atom is -0.481 e. The summed E-state index contributed by atoms with van der Waals surface area (Å²) in [6.07, 6.45) is -0.622. The van der Waals surface area contributed by atoms with E-state index >= 15 is 0 Å². The Morgan fingerprint density at radius 1 is 1.32 bits per heavy atom. The molecule has 0 radical (unpaired) electrons. The predicted molar refractivity (Wildman–Crippen MR) is 72.9 cm³/mol. The molecule has 0 aliphatic heterocycles. The molecule has 2 aromatic rings. The molecule has 0 saturated heterocycles. The molecule has 1 atom stereocenters. The van der Waals surface area contributed by atoms with Crippen molar-refractivity contribution in [2.24, 2.45) is 0 Å². The summed E-state index contributed by atoms with van der Waals surface area (Å²) in [5.41, 5.74) is 6.38. The molecule has 1 heterocycles. The molecule has 0 fully saturated rings. The molecule has 0 amide bonds. The zero-order valence-corrected chi connectivity index (χ0v) is 10.6. The Morgan fingerprint density at radius 3 is 2.74 bits per heavy atom. The molecule has 1 aromatic carbocycles. The summed E-state index contributed by atoms with van der Waals surface area (Å²) in [5.74, 6) is 1.01. The van der Waals surface area contributed by atoms with Crippen molar-refractivity contribution in [2.75, 3.05) is 24.7 Å². The van der Waals surface area contributed by atoms with Gasteiger partial charge in [-0.15, -0.1) is 0 Å². The number of nitrogens with one attached hydrogen (secondary N) is 1. The van der Waals surface area contributed by atoms with Crippen molar-refractivity contribution in [1.29, 1.82) is 0 Å². The lowest BCUT2D eigenvalue weighted by molar-refractivity contribution is 0.191. The van der Waals surface area contributed by atoms with E-state index in [1.807, 2.05) is 30.3 Å². The zero-order valence-electron chi connectivity index (χ0n) is 10.6. The van der Waals surface area contributed by atoms with Crippen molar-refractivity contribution < 1.29 is 9.84 Å². The highest BCUT2D eigenvalue weighted by Gasteiger charge is 2.08. The Balaban J connectivity index is 2.01. The van der Waals surface area contributed by atoms with Crippen LogP contribution in [0.2, 0.25) is 0 Å². The second kappa shape index (κ2) is 6.01. The van der Waals surface area contributed by atoms with E-state index in [2.05, 4.69) is 15.3 Å². The number of anilines is 2. The molecule has 6 heteroatoms. The Hall–Kier alpha value is -2.34. The summed E-state index contributed by atoms with van der Waals surface area (Å²) in [5, 5.41) is 13.0. The van der Waals surface area contributed by atoms with Crippen LogP contribution in [0.5, 0.6) is 5.88 Å². The summed E-state index contributed by atoms with van der Waals surface area (Å²) in [6, 6.07) is 11.0. The van der Waals surface area contributed by atoms with Crippen LogP contribution in [0, 0.1) is 0 Å². The number of ether oxygens (including phenoxy) is 1. The van der Waals surface area contributed by atoms with Gasteiger partial charge in [-0.25, -0.2) is 0 Å². The average Bonchev–Trinajstić information content (AvgIpc) is 2.45. The van der Waals surface area contributed by atoms with Gasteiger partial charge in [0, 0.05) is 12.6 Å². The van der Waals surface area contributed by atoms with Crippen LogP contribution >= 0.6 is 0 Å². The molecule has 4 N–H and O–H groups in total. The summed E-state index contributed by atoms with van der Waals surface area (Å²) in [7, 11) is 1.50. The number of aromatic nitrogens is 2. The van der Waals surface area contributed by atoms with Gasteiger partial charge in [-0.05, 0) is 5.56 Å². The minimum atomic E-state index is -0.622. The Morgan fingerprint density at radius 2 is 2.05 bits per heavy atom. The molecule has 1 unspecified atom stereocenters. The maximum atomic E-state index is 10.0. The SMILES string of the molecule is COc1cc(NCC(O)c2ccccc2)nc(N)n1. The second-order valence-corrected chi connectivity index (χ2v) is 3.96. The number of hydrogen-bond donors (Lipinski definition) is 3. The van der Waals surface area contributed by atoms with Gasteiger partial charge in [0.15, 0.2) is 0 Å². The maximum absolute atomic E-state index is 10.0. The Kier molecular flexibility index (Phi) is 4.15. The lowest BCUT2D eigenvalue weighted by Crippen LogP contribution is -2.13. The van der Waals surface area contributed by atoms with E-state index in [1.165, 1.54) is 7.11 Å². The Bertz CT molecular complexity index is 533. The maximum Gasteiger partial charge on any atom is 0.225 e. The highest BCUT2D eigenvalue weighted by molar-refractivity contribution is 5.43. The summed E-state index contributed by atoms with van der Waals surface area (Å²) < 4.78 is 4.99. The van der Waals surface area contributed by atoms with Crippen LogP contribution < -0.4 is 15.8 Å². The van der Waals surface area contributed by atoms with E-state index in [0.29, 0.717) is 18.2 Å². The van der Waals surface area contributed by atoms with E-state index < -0.39 is 6.10 Å². The largest absolute Gasteiger partial charge is 0.481 e. The van der Waals surface area contributed by atoms with Gasteiger partial charge in [-0.2, -0.15) is 9.97 Å². The number of hydrogen-bond acceptors (Lipinski definition) is 6. The molecule has 1 aromatic heterocycles. The predicted octanol–water partition coefficient (Wildman–Crippen LogP) is 1.21. The molecule has 6 nitrogen and oxygen atoms in total. The molecule has 0 saturated carbocycles. The number of benzene rings is 1. The van der Waals surface area contributed by atoms with Gasteiger partial charge in [0.05, 0.1) is 13.2 Å². The molecular weight excluding hydrogens is 244 g/mol. The molecule has 2 rings (SSSR count). The van der Waals surface area contributed by atoms with Crippen LogP contribution in [0.25, 0.3) is 0 Å². The number of nitrogen functional groups attached to an aromatic ring is 1. The molecule has 19 heavy (non-hydrogen) atoms. The van der Waals surface area contributed by atoms with E-state index in [0.717, 1.165) is 5.56 Å². The smallest absolute Gasteiger partial charge is 0.225 e. The fourth-order valence-corrected chi connectivity index (χ4v) is 1.63. The van der Waals surface area contributed by atoms with E-state index in [4.69, 9.17) is 10.5 Å². The fourth-order valence-electron chi connectivity index (χ4n) is 1.63. The normalized spacial score (nSPS) is 11.9. The van der Waals surface area contributed by atoms with Gasteiger partial charge >= 0.3 is 0 Å². The van der Waals surface area contributed by atoms with Crippen molar-refractivity contribution in [3.8, 4) is 5.88 Å². The monoisotopic (exact) mass is 260 g/mol. The first-order valence-electron chi connectivity index (χ1n) is 5.84. The quantitative estimate of drug-likeness (QED) is 0.748. The van der Waals surface area contributed by atoms with Gasteiger partial charge in [-0.1, -0.05) is 30.3 Å². The van der Waals surface area contributed by atoms with Crippen LogP contribution in [0.3, 0.4) is 0 Å². The van der Waals surface area contributed by atoms with Crippen molar-refractivity contribution in [1.82, 2.24) is 9.97 Å².